The summed E-state index contributed by atoms with van der Waals surface area (Å²) in [5.74, 6) is 0.644. The van der Waals surface area contributed by atoms with Crippen molar-refractivity contribution in [2.75, 3.05) is 0 Å². The van der Waals surface area contributed by atoms with Crippen molar-refractivity contribution in [3.63, 3.8) is 0 Å². The predicted molar refractivity (Wildman–Crippen MR) is 103 cm³/mol. The van der Waals surface area contributed by atoms with Crippen molar-refractivity contribution in [1.29, 1.82) is 0 Å². The highest BCUT2D eigenvalue weighted by Crippen LogP contribution is 2.15. The minimum Gasteiger partial charge on any atom is -0.413 e. The van der Waals surface area contributed by atoms with Gasteiger partial charge < -0.3 is 4.42 Å². The van der Waals surface area contributed by atoms with E-state index in [0.717, 1.165) is 37.1 Å². The minimum absolute atomic E-state index is 0.272. The third-order valence-electron chi connectivity index (χ3n) is 4.84. The monoisotopic (exact) mass is 337 g/mol. The number of unbranched alkanes of at least 4 members (excludes halogenated alkanes) is 12. The standard InChI is InChI=1S/C21H39NO2/c1-3-5-7-9-11-13-15-17-19-20(24-21(23)22-19)18-16-14-12-10-8-6-4-2/h3-18H2,1-2H3,(H,22,23). The molecule has 0 amide bonds. The molecule has 1 heterocycles. The van der Waals surface area contributed by atoms with E-state index in [1.807, 2.05) is 0 Å². The van der Waals surface area contributed by atoms with E-state index in [1.165, 1.54) is 77.0 Å². The second-order valence-electron chi connectivity index (χ2n) is 7.16. The summed E-state index contributed by atoms with van der Waals surface area (Å²) >= 11 is 0. The van der Waals surface area contributed by atoms with Crippen LogP contribution in [0.2, 0.25) is 0 Å². The van der Waals surface area contributed by atoms with Crippen molar-refractivity contribution >= 4 is 0 Å². The Morgan fingerprint density at radius 1 is 0.667 bits per heavy atom. The Balaban J connectivity index is 2.16. The van der Waals surface area contributed by atoms with Gasteiger partial charge in [0, 0.05) is 6.42 Å². The van der Waals surface area contributed by atoms with Crippen molar-refractivity contribution in [3.8, 4) is 0 Å². The van der Waals surface area contributed by atoms with Crippen LogP contribution in [0.4, 0.5) is 0 Å². The predicted octanol–water partition coefficient (Wildman–Crippen LogP) is 6.55. The molecule has 0 aliphatic heterocycles. The summed E-state index contributed by atoms with van der Waals surface area (Å²) in [6.45, 7) is 4.50. The van der Waals surface area contributed by atoms with Crippen molar-refractivity contribution in [2.45, 2.75) is 117 Å². The molecule has 0 radical (unpaired) electrons. The quantitative estimate of drug-likeness (QED) is 0.347. The number of aromatic amines is 1. The van der Waals surface area contributed by atoms with E-state index in [1.54, 1.807) is 0 Å². The Bertz CT molecular complexity index is 408. The third-order valence-corrected chi connectivity index (χ3v) is 4.84. The van der Waals surface area contributed by atoms with Gasteiger partial charge in [-0.1, -0.05) is 90.9 Å². The maximum atomic E-state index is 11.5. The molecule has 0 bridgehead atoms. The molecular formula is C21H39NO2. The normalized spacial score (nSPS) is 11.2. The molecule has 0 saturated carbocycles. The molecule has 0 spiro atoms. The van der Waals surface area contributed by atoms with Gasteiger partial charge in [-0.25, -0.2) is 4.79 Å². The van der Waals surface area contributed by atoms with Crippen LogP contribution in [-0.2, 0) is 12.8 Å². The summed E-state index contributed by atoms with van der Waals surface area (Å²) in [6, 6.07) is 0. The van der Waals surface area contributed by atoms with Crippen LogP contribution >= 0.6 is 0 Å². The number of aromatic nitrogens is 1. The molecule has 0 saturated heterocycles. The fraction of sp³-hybridized carbons (Fsp3) is 0.857. The van der Waals surface area contributed by atoms with Crippen LogP contribution in [0.5, 0.6) is 0 Å². The van der Waals surface area contributed by atoms with Gasteiger partial charge in [0.05, 0.1) is 5.69 Å². The van der Waals surface area contributed by atoms with Gasteiger partial charge in [0.15, 0.2) is 0 Å². The smallest absolute Gasteiger partial charge is 0.413 e. The molecule has 3 nitrogen and oxygen atoms in total. The first-order valence-corrected chi connectivity index (χ1v) is 10.5. The van der Waals surface area contributed by atoms with Crippen LogP contribution in [0.15, 0.2) is 9.21 Å². The minimum atomic E-state index is -0.272. The Hall–Kier alpha value is -0.990. The van der Waals surface area contributed by atoms with Crippen LogP contribution in [-0.4, -0.2) is 4.98 Å². The second-order valence-corrected chi connectivity index (χ2v) is 7.16. The zero-order valence-corrected chi connectivity index (χ0v) is 16.1. The van der Waals surface area contributed by atoms with E-state index < -0.39 is 0 Å². The van der Waals surface area contributed by atoms with Gasteiger partial charge in [-0.2, -0.15) is 0 Å². The van der Waals surface area contributed by atoms with Crippen LogP contribution in [0, 0.1) is 0 Å². The lowest BCUT2D eigenvalue weighted by Gasteiger charge is -2.03. The summed E-state index contributed by atoms with van der Waals surface area (Å²) in [4.78, 5) is 14.4. The largest absolute Gasteiger partial charge is 0.416 e. The Kier molecular flexibility index (Phi) is 12.6. The summed E-state index contributed by atoms with van der Waals surface area (Å²) < 4.78 is 5.36. The number of H-pyrrole nitrogens is 1. The van der Waals surface area contributed by atoms with Crippen LogP contribution in [0.3, 0.4) is 0 Å². The SMILES string of the molecule is CCCCCCCCCc1[nH]c(=O)oc1CCCCCCCCC. The number of hydrogen-bond acceptors (Lipinski definition) is 2. The van der Waals surface area contributed by atoms with Crippen molar-refractivity contribution < 1.29 is 4.42 Å². The van der Waals surface area contributed by atoms with Crippen molar-refractivity contribution in [3.05, 3.63) is 22.0 Å². The average Bonchev–Trinajstić information content (AvgIpc) is 2.93. The lowest BCUT2D eigenvalue weighted by molar-refractivity contribution is 0.454. The van der Waals surface area contributed by atoms with Crippen molar-refractivity contribution in [2.24, 2.45) is 0 Å². The van der Waals surface area contributed by atoms with Crippen LogP contribution in [0.25, 0.3) is 0 Å². The molecule has 1 N–H and O–H groups in total. The van der Waals surface area contributed by atoms with Gasteiger partial charge in [-0.15, -0.1) is 0 Å². The fourth-order valence-electron chi connectivity index (χ4n) is 3.30. The molecule has 0 aliphatic rings. The molecule has 0 aromatic carbocycles. The molecule has 140 valence electrons. The zero-order chi connectivity index (χ0) is 17.5. The topological polar surface area (TPSA) is 46.0 Å². The first-order chi connectivity index (χ1) is 11.8. The van der Waals surface area contributed by atoms with Gasteiger partial charge in [0.25, 0.3) is 0 Å². The van der Waals surface area contributed by atoms with E-state index >= 15 is 0 Å². The van der Waals surface area contributed by atoms with Crippen LogP contribution in [0.1, 0.15) is 115 Å². The highest BCUT2D eigenvalue weighted by molar-refractivity contribution is 5.07. The third kappa shape index (κ3) is 10.00. The number of nitrogens with one attached hydrogen (secondary N) is 1. The van der Waals surface area contributed by atoms with Crippen molar-refractivity contribution in [1.82, 2.24) is 4.98 Å². The average molecular weight is 338 g/mol. The molecule has 0 atom stereocenters. The molecule has 1 aromatic rings. The number of hydrogen-bond donors (Lipinski definition) is 1. The second kappa shape index (κ2) is 14.4. The van der Waals surface area contributed by atoms with E-state index in [2.05, 4.69) is 18.8 Å². The Morgan fingerprint density at radius 3 is 1.67 bits per heavy atom. The summed E-state index contributed by atoms with van der Waals surface area (Å²) in [5.41, 5.74) is 1.06. The number of rotatable bonds is 16. The lowest BCUT2D eigenvalue weighted by atomic mass is 10.0. The Labute approximate surface area is 148 Å². The van der Waals surface area contributed by atoms with Gasteiger partial charge in [-0.05, 0) is 19.3 Å². The van der Waals surface area contributed by atoms with E-state index in [0.29, 0.717) is 0 Å². The van der Waals surface area contributed by atoms with Gasteiger partial charge in [0.1, 0.15) is 5.76 Å². The first kappa shape index (κ1) is 21.1. The summed E-state index contributed by atoms with van der Waals surface area (Å²) in [6.07, 6.45) is 20.0. The van der Waals surface area contributed by atoms with Crippen LogP contribution < -0.4 is 5.76 Å². The highest BCUT2D eigenvalue weighted by atomic mass is 16.4. The van der Waals surface area contributed by atoms with Gasteiger partial charge in [0.2, 0.25) is 0 Å². The molecule has 24 heavy (non-hydrogen) atoms. The maximum absolute atomic E-state index is 11.5. The molecule has 0 aliphatic carbocycles. The summed E-state index contributed by atoms with van der Waals surface area (Å²) in [5, 5.41) is 0. The molecule has 0 fully saturated rings. The Morgan fingerprint density at radius 2 is 1.12 bits per heavy atom. The highest BCUT2D eigenvalue weighted by Gasteiger charge is 2.09. The fourth-order valence-corrected chi connectivity index (χ4v) is 3.30. The van der Waals surface area contributed by atoms with Gasteiger partial charge >= 0.3 is 5.76 Å². The van der Waals surface area contributed by atoms with E-state index in [9.17, 15) is 4.79 Å². The summed E-state index contributed by atoms with van der Waals surface area (Å²) in [7, 11) is 0. The zero-order valence-electron chi connectivity index (χ0n) is 16.1. The lowest BCUT2D eigenvalue weighted by Crippen LogP contribution is -1.97. The number of oxazole rings is 1. The number of aryl methyl sites for hydroxylation is 2. The molecule has 1 aromatic heterocycles. The maximum Gasteiger partial charge on any atom is 0.416 e. The first-order valence-electron chi connectivity index (χ1n) is 10.5. The van der Waals surface area contributed by atoms with E-state index in [4.69, 9.17) is 4.42 Å². The van der Waals surface area contributed by atoms with Gasteiger partial charge in [-0.3, -0.25) is 4.98 Å². The molecule has 3 heteroatoms. The van der Waals surface area contributed by atoms with E-state index in [-0.39, 0.29) is 5.76 Å². The molecule has 0 unspecified atom stereocenters. The molecular weight excluding hydrogens is 298 g/mol. The molecule has 1 rings (SSSR count).